The summed E-state index contributed by atoms with van der Waals surface area (Å²) in [7, 11) is 0. The van der Waals surface area contributed by atoms with Crippen LogP contribution in [-0.4, -0.2) is 53.1 Å². The molecule has 2 N–H and O–H groups in total. The molecule has 0 saturated carbocycles. The van der Waals surface area contributed by atoms with E-state index in [0.29, 0.717) is 38.0 Å². The van der Waals surface area contributed by atoms with Gasteiger partial charge in [-0.25, -0.2) is 19.7 Å². The second-order valence-corrected chi connectivity index (χ2v) is 10.8. The molecule has 0 spiro atoms. The van der Waals surface area contributed by atoms with Gasteiger partial charge in [0.05, 0.1) is 30.0 Å². The van der Waals surface area contributed by atoms with E-state index in [-0.39, 0.29) is 11.9 Å². The minimum absolute atomic E-state index is 0.308. The number of carbonyl (C=O) groups excluding carboxylic acids is 2. The zero-order valence-corrected chi connectivity index (χ0v) is 22.4. The number of nitrogens with one attached hydrogen (secondary N) is 2. The topological polar surface area (TPSA) is 99.7 Å². The molecule has 6 rings (SSSR count). The maximum Gasteiger partial charge on any atom is 0.332 e. The zero-order valence-electron chi connectivity index (χ0n) is 20.0. The fourth-order valence-corrected chi connectivity index (χ4v) is 5.91. The maximum absolute atomic E-state index is 13.3. The molecule has 3 amide bonds. The van der Waals surface area contributed by atoms with Gasteiger partial charge in [0.1, 0.15) is 16.0 Å². The van der Waals surface area contributed by atoms with Crippen LogP contribution in [0.1, 0.15) is 20.8 Å². The summed E-state index contributed by atoms with van der Waals surface area (Å²) in [6.45, 7) is 6.13. The normalized spacial score (nSPS) is 15.6. The van der Waals surface area contributed by atoms with Gasteiger partial charge in [0.25, 0.3) is 5.91 Å². The molecule has 1 saturated heterocycles. The van der Waals surface area contributed by atoms with Gasteiger partial charge < -0.3 is 15.4 Å². The van der Waals surface area contributed by atoms with E-state index in [1.54, 1.807) is 0 Å². The molecule has 0 bridgehead atoms. The van der Waals surface area contributed by atoms with Crippen molar-refractivity contribution >= 4 is 72.3 Å². The summed E-state index contributed by atoms with van der Waals surface area (Å²) >= 11 is 4.72. The molecule has 0 radical (unpaired) electrons. The second-order valence-electron chi connectivity index (χ2n) is 8.92. The molecule has 2 aromatic heterocycles. The Labute approximate surface area is 225 Å². The van der Waals surface area contributed by atoms with Crippen LogP contribution < -0.4 is 15.5 Å². The number of ether oxygens (including phenoxy) is 1. The van der Waals surface area contributed by atoms with Crippen molar-refractivity contribution in [3.63, 3.8) is 0 Å². The fourth-order valence-electron chi connectivity index (χ4n) is 4.57. The molecule has 37 heavy (non-hydrogen) atoms. The fraction of sp³-hybridized carbons (Fsp3) is 0.231. The average molecular weight is 579 g/mol. The minimum atomic E-state index is -0.381. The Morgan fingerprint density at radius 1 is 1.16 bits per heavy atom. The molecule has 0 aliphatic carbocycles. The minimum Gasteiger partial charge on any atom is -0.379 e. The van der Waals surface area contributed by atoms with Crippen LogP contribution in [0.4, 0.5) is 27.7 Å². The van der Waals surface area contributed by atoms with Gasteiger partial charge in [0.2, 0.25) is 0 Å². The van der Waals surface area contributed by atoms with Crippen molar-refractivity contribution in [2.24, 2.45) is 0 Å². The van der Waals surface area contributed by atoms with Crippen LogP contribution in [0.25, 0.3) is 10.2 Å². The molecular weight excluding hydrogens is 556 g/mol. The Morgan fingerprint density at radius 2 is 1.95 bits per heavy atom. The Hall–Kier alpha value is -3.38. The van der Waals surface area contributed by atoms with Crippen molar-refractivity contribution in [3.8, 4) is 0 Å². The van der Waals surface area contributed by atoms with Crippen molar-refractivity contribution in [1.29, 1.82) is 0 Å². The van der Waals surface area contributed by atoms with Gasteiger partial charge >= 0.3 is 6.03 Å². The lowest BCUT2D eigenvalue weighted by atomic mass is 10.1. The van der Waals surface area contributed by atoms with Crippen molar-refractivity contribution < 1.29 is 14.3 Å². The van der Waals surface area contributed by atoms with E-state index in [2.05, 4.69) is 41.4 Å². The highest BCUT2D eigenvalue weighted by Gasteiger charge is 2.34. The molecule has 4 heterocycles. The lowest BCUT2D eigenvalue weighted by molar-refractivity contribution is 0.0342. The lowest BCUT2D eigenvalue weighted by Gasteiger charge is -2.28. The number of morpholine rings is 1. The number of aromatic nitrogens is 2. The highest BCUT2D eigenvalue weighted by Crippen LogP contribution is 2.45. The van der Waals surface area contributed by atoms with Crippen LogP contribution >= 0.6 is 27.3 Å². The van der Waals surface area contributed by atoms with E-state index in [9.17, 15) is 9.59 Å². The number of hydrogen-bond acceptors (Lipinski definition) is 7. The highest BCUT2D eigenvalue weighted by molar-refractivity contribution is 9.10. The van der Waals surface area contributed by atoms with E-state index < -0.39 is 0 Å². The van der Waals surface area contributed by atoms with E-state index in [1.165, 1.54) is 28.1 Å². The summed E-state index contributed by atoms with van der Waals surface area (Å²) in [6.07, 6.45) is 1.42. The van der Waals surface area contributed by atoms with E-state index in [1.807, 2.05) is 49.4 Å². The number of anilines is 4. The zero-order chi connectivity index (χ0) is 25.5. The number of amides is 3. The number of halogens is 1. The molecule has 9 nitrogen and oxygen atoms in total. The first-order chi connectivity index (χ1) is 18.0. The molecule has 4 aromatic rings. The Bertz CT molecular complexity index is 1520. The van der Waals surface area contributed by atoms with E-state index in [4.69, 9.17) is 4.74 Å². The molecule has 1 fully saturated rings. The van der Waals surface area contributed by atoms with Crippen LogP contribution in [0.15, 0.2) is 53.3 Å². The van der Waals surface area contributed by atoms with Gasteiger partial charge in [0, 0.05) is 29.8 Å². The first-order valence-electron chi connectivity index (χ1n) is 11.8. The number of urea groups is 1. The van der Waals surface area contributed by atoms with Crippen molar-refractivity contribution in [2.75, 3.05) is 41.8 Å². The summed E-state index contributed by atoms with van der Waals surface area (Å²) in [5.74, 6) is 0.144. The summed E-state index contributed by atoms with van der Waals surface area (Å²) in [6, 6.07) is 13.2. The van der Waals surface area contributed by atoms with Gasteiger partial charge in [-0.05, 0) is 42.3 Å². The molecule has 0 unspecified atom stereocenters. The molecular formula is C26H23BrN6O3S. The Morgan fingerprint density at radius 3 is 2.73 bits per heavy atom. The first kappa shape index (κ1) is 24.0. The predicted octanol–water partition coefficient (Wildman–Crippen LogP) is 5.53. The van der Waals surface area contributed by atoms with Crippen molar-refractivity contribution in [3.05, 3.63) is 69.3 Å². The van der Waals surface area contributed by atoms with Crippen LogP contribution in [0.5, 0.6) is 0 Å². The second kappa shape index (κ2) is 9.82. The number of benzene rings is 2. The van der Waals surface area contributed by atoms with Crippen LogP contribution in [-0.2, 0) is 11.3 Å². The summed E-state index contributed by atoms with van der Waals surface area (Å²) in [5, 5.41) is 6.53. The van der Waals surface area contributed by atoms with Gasteiger partial charge in [-0.1, -0.05) is 34.1 Å². The number of hydrogen-bond donors (Lipinski definition) is 2. The molecule has 0 atom stereocenters. The molecule has 188 valence electrons. The summed E-state index contributed by atoms with van der Waals surface area (Å²) < 4.78 is 6.26. The SMILES string of the molecule is Cc1ccc(Br)cc1N1C(=O)Nc2c(C(=O)Nc3ccc(CN4CCOCC4)cc3)sc3ncnc1c23. The quantitative estimate of drug-likeness (QED) is 0.323. The third kappa shape index (κ3) is 4.59. The van der Waals surface area contributed by atoms with Crippen LogP contribution in [0.2, 0.25) is 0 Å². The van der Waals surface area contributed by atoms with Crippen molar-refractivity contribution in [2.45, 2.75) is 13.5 Å². The Kier molecular flexibility index (Phi) is 6.37. The van der Waals surface area contributed by atoms with E-state index in [0.717, 1.165) is 42.9 Å². The van der Waals surface area contributed by atoms with Gasteiger partial charge in [-0.3, -0.25) is 9.69 Å². The largest absolute Gasteiger partial charge is 0.379 e. The lowest BCUT2D eigenvalue weighted by Crippen LogP contribution is -2.35. The predicted molar refractivity (Wildman–Crippen MR) is 148 cm³/mol. The van der Waals surface area contributed by atoms with Gasteiger partial charge in [-0.2, -0.15) is 0 Å². The third-order valence-corrected chi connectivity index (χ3v) is 8.04. The monoisotopic (exact) mass is 578 g/mol. The maximum atomic E-state index is 13.3. The van der Waals surface area contributed by atoms with Crippen LogP contribution in [0.3, 0.4) is 0 Å². The molecule has 2 aromatic carbocycles. The number of aryl methyl sites for hydroxylation is 1. The summed E-state index contributed by atoms with van der Waals surface area (Å²) in [5.41, 5.74) is 3.91. The number of carbonyl (C=O) groups is 2. The molecule has 2 aliphatic rings. The van der Waals surface area contributed by atoms with Gasteiger partial charge in [-0.15, -0.1) is 11.3 Å². The summed E-state index contributed by atoms with van der Waals surface area (Å²) in [4.78, 5) is 40.3. The smallest absolute Gasteiger partial charge is 0.332 e. The number of nitrogens with zero attached hydrogens (tertiary/aromatic N) is 4. The highest BCUT2D eigenvalue weighted by atomic mass is 79.9. The molecule has 2 aliphatic heterocycles. The number of rotatable bonds is 5. The average Bonchev–Trinajstić information content (AvgIpc) is 3.27. The van der Waals surface area contributed by atoms with E-state index >= 15 is 0 Å². The van der Waals surface area contributed by atoms with Gasteiger partial charge in [0.15, 0.2) is 5.82 Å². The first-order valence-corrected chi connectivity index (χ1v) is 13.4. The van der Waals surface area contributed by atoms with Crippen molar-refractivity contribution in [1.82, 2.24) is 14.9 Å². The number of thiophene rings is 1. The molecule has 11 heteroatoms. The third-order valence-electron chi connectivity index (χ3n) is 6.46. The Balaban J connectivity index is 1.28. The standard InChI is InChI=1S/C26H23BrN6O3S/c1-15-2-5-17(27)12-19(15)33-23-20-21(31-26(33)35)22(37-25(20)29-14-28-23)24(34)30-18-6-3-16(4-7-18)13-32-8-10-36-11-9-32/h2-7,12,14H,8-11,13H2,1H3,(H,30,34)(H,31,35). The van der Waals surface area contributed by atoms with Crippen LogP contribution in [0, 0.1) is 6.92 Å².